The fourth-order valence-corrected chi connectivity index (χ4v) is 4.16. The highest BCUT2D eigenvalue weighted by Gasteiger charge is 2.24. The number of fused-ring (bicyclic) bond motifs is 1. The predicted octanol–water partition coefficient (Wildman–Crippen LogP) is 3.09. The van der Waals surface area contributed by atoms with Crippen molar-refractivity contribution in [2.24, 2.45) is 5.73 Å². The number of rotatable bonds is 7. The molecule has 1 atom stereocenters. The normalized spacial score (nSPS) is 17.1. The van der Waals surface area contributed by atoms with Crippen LogP contribution in [0.3, 0.4) is 0 Å². The Balaban J connectivity index is 1.52. The minimum absolute atomic E-state index is 0.436. The molecule has 28 heavy (non-hydrogen) atoms. The zero-order chi connectivity index (χ0) is 19.3. The Morgan fingerprint density at radius 2 is 1.93 bits per heavy atom. The van der Waals surface area contributed by atoms with Crippen LogP contribution in [0, 0.1) is 0 Å². The minimum Gasteiger partial charge on any atom is -0.353 e. The van der Waals surface area contributed by atoms with E-state index in [0.717, 1.165) is 61.6 Å². The van der Waals surface area contributed by atoms with Gasteiger partial charge in [-0.1, -0.05) is 25.1 Å². The number of likely N-dealkylation sites (tertiary alicyclic amines) is 1. The van der Waals surface area contributed by atoms with Gasteiger partial charge in [0.15, 0.2) is 0 Å². The number of piperidine rings is 1. The summed E-state index contributed by atoms with van der Waals surface area (Å²) in [7, 11) is 0. The lowest BCUT2D eigenvalue weighted by molar-refractivity contribution is 0.156. The number of hydrogen-bond donors (Lipinski definition) is 2. The maximum absolute atomic E-state index is 5.93. The third-order valence-corrected chi connectivity index (χ3v) is 5.82. The molecular weight excluding hydrogens is 348 g/mol. The van der Waals surface area contributed by atoms with Crippen molar-refractivity contribution in [2.75, 3.05) is 25.0 Å². The van der Waals surface area contributed by atoms with E-state index in [9.17, 15) is 0 Å². The van der Waals surface area contributed by atoms with Crippen molar-refractivity contribution >= 4 is 17.0 Å². The van der Waals surface area contributed by atoms with Crippen molar-refractivity contribution in [2.45, 2.75) is 44.8 Å². The highest BCUT2D eigenvalue weighted by molar-refractivity contribution is 5.78. The number of hydrogen-bond acceptors (Lipinski definition) is 5. The number of pyridine rings is 1. The zero-order valence-corrected chi connectivity index (χ0v) is 16.6. The lowest BCUT2D eigenvalue weighted by atomic mass is 10.0. The third-order valence-electron chi connectivity index (χ3n) is 5.82. The molecule has 0 bridgehead atoms. The summed E-state index contributed by atoms with van der Waals surface area (Å²) in [4.78, 5) is 11.9. The molecule has 6 nitrogen and oxygen atoms in total. The SMILES string of the molecule is CCC(CN)N1CCC(Nc2nc3ccccc3n2Cc2ccccn2)CC1. The standard InChI is InChI=1S/C22H30N6/c1-2-19(15-23)27-13-10-17(11-14-27)25-22-26-20-8-3-4-9-21(20)28(22)16-18-7-5-6-12-24-18/h3-9,12,17,19H,2,10-11,13-16,23H2,1H3,(H,25,26). The molecule has 1 saturated heterocycles. The third kappa shape index (κ3) is 4.03. The summed E-state index contributed by atoms with van der Waals surface area (Å²) in [6.45, 7) is 5.87. The number of anilines is 1. The van der Waals surface area contributed by atoms with Crippen molar-refractivity contribution in [3.05, 3.63) is 54.4 Å². The van der Waals surface area contributed by atoms with Gasteiger partial charge in [0.05, 0.1) is 23.3 Å². The van der Waals surface area contributed by atoms with Gasteiger partial charge in [-0.15, -0.1) is 0 Å². The maximum atomic E-state index is 5.93. The predicted molar refractivity (Wildman–Crippen MR) is 114 cm³/mol. The molecule has 3 heterocycles. The monoisotopic (exact) mass is 378 g/mol. The summed E-state index contributed by atoms with van der Waals surface area (Å²) in [5.41, 5.74) is 9.13. The van der Waals surface area contributed by atoms with Crippen LogP contribution in [0.25, 0.3) is 11.0 Å². The van der Waals surface area contributed by atoms with Gasteiger partial charge in [0.25, 0.3) is 0 Å². The quantitative estimate of drug-likeness (QED) is 0.661. The number of nitrogens with two attached hydrogens (primary N) is 1. The van der Waals surface area contributed by atoms with E-state index in [-0.39, 0.29) is 0 Å². The molecule has 0 amide bonds. The summed E-state index contributed by atoms with van der Waals surface area (Å²) in [6.07, 6.45) is 5.19. The van der Waals surface area contributed by atoms with Crippen LogP contribution in [0.5, 0.6) is 0 Å². The molecule has 148 valence electrons. The van der Waals surface area contributed by atoms with E-state index in [1.54, 1.807) is 0 Å². The Morgan fingerprint density at radius 1 is 1.14 bits per heavy atom. The Bertz CT molecular complexity index is 878. The van der Waals surface area contributed by atoms with Gasteiger partial charge in [0.1, 0.15) is 0 Å². The number of aromatic nitrogens is 3. The largest absolute Gasteiger partial charge is 0.353 e. The highest BCUT2D eigenvalue weighted by Crippen LogP contribution is 2.24. The Kier molecular flexibility index (Phi) is 5.88. The molecular formula is C22H30N6. The van der Waals surface area contributed by atoms with E-state index in [0.29, 0.717) is 18.6 Å². The fourth-order valence-electron chi connectivity index (χ4n) is 4.16. The summed E-state index contributed by atoms with van der Waals surface area (Å²) in [6, 6.07) is 15.3. The van der Waals surface area contributed by atoms with Crippen LogP contribution in [-0.2, 0) is 6.54 Å². The van der Waals surface area contributed by atoms with Crippen LogP contribution in [-0.4, -0.2) is 51.2 Å². The Hall–Kier alpha value is -2.44. The average molecular weight is 379 g/mol. The molecule has 1 aromatic carbocycles. The molecule has 0 spiro atoms. The van der Waals surface area contributed by atoms with Crippen molar-refractivity contribution in [1.82, 2.24) is 19.4 Å². The zero-order valence-electron chi connectivity index (χ0n) is 16.6. The van der Waals surface area contributed by atoms with Gasteiger partial charge < -0.3 is 15.6 Å². The summed E-state index contributed by atoms with van der Waals surface area (Å²) >= 11 is 0. The molecule has 3 aromatic rings. The van der Waals surface area contributed by atoms with Gasteiger partial charge in [-0.25, -0.2) is 4.98 Å². The molecule has 3 N–H and O–H groups in total. The first kappa shape index (κ1) is 18.9. The summed E-state index contributed by atoms with van der Waals surface area (Å²) in [5, 5.41) is 3.72. The first-order valence-electron chi connectivity index (χ1n) is 10.3. The van der Waals surface area contributed by atoms with Gasteiger partial charge in [-0.3, -0.25) is 9.88 Å². The van der Waals surface area contributed by atoms with Gasteiger partial charge >= 0.3 is 0 Å². The molecule has 4 rings (SSSR count). The van der Waals surface area contributed by atoms with Crippen molar-refractivity contribution in [3.63, 3.8) is 0 Å². The topological polar surface area (TPSA) is 72.0 Å². The number of nitrogens with zero attached hydrogens (tertiary/aromatic N) is 4. The van der Waals surface area contributed by atoms with Gasteiger partial charge in [-0.2, -0.15) is 0 Å². The molecule has 0 radical (unpaired) electrons. The van der Waals surface area contributed by atoms with E-state index < -0.39 is 0 Å². The first-order valence-corrected chi connectivity index (χ1v) is 10.3. The second-order valence-electron chi connectivity index (χ2n) is 7.58. The smallest absolute Gasteiger partial charge is 0.204 e. The highest BCUT2D eigenvalue weighted by atomic mass is 15.2. The van der Waals surface area contributed by atoms with Crippen molar-refractivity contribution in [1.29, 1.82) is 0 Å². The van der Waals surface area contributed by atoms with Gasteiger partial charge in [-0.05, 0) is 43.5 Å². The minimum atomic E-state index is 0.436. The molecule has 1 unspecified atom stereocenters. The maximum Gasteiger partial charge on any atom is 0.204 e. The van der Waals surface area contributed by atoms with E-state index in [1.807, 2.05) is 24.4 Å². The van der Waals surface area contributed by atoms with Crippen LogP contribution in [0.15, 0.2) is 48.7 Å². The Labute approximate surface area is 166 Å². The second kappa shape index (κ2) is 8.71. The lowest BCUT2D eigenvalue weighted by Crippen LogP contribution is -2.47. The first-order chi connectivity index (χ1) is 13.8. The van der Waals surface area contributed by atoms with Gasteiger partial charge in [0.2, 0.25) is 5.95 Å². The van der Waals surface area contributed by atoms with Crippen LogP contribution >= 0.6 is 0 Å². The van der Waals surface area contributed by atoms with Crippen molar-refractivity contribution < 1.29 is 0 Å². The molecule has 2 aromatic heterocycles. The van der Waals surface area contributed by atoms with Crippen LogP contribution in [0.2, 0.25) is 0 Å². The molecule has 0 saturated carbocycles. The molecule has 6 heteroatoms. The number of para-hydroxylation sites is 2. The van der Waals surface area contributed by atoms with E-state index in [2.05, 4.69) is 51.0 Å². The average Bonchev–Trinajstić information content (AvgIpc) is 3.08. The fraction of sp³-hybridized carbons (Fsp3) is 0.455. The summed E-state index contributed by atoms with van der Waals surface area (Å²) < 4.78 is 2.25. The Morgan fingerprint density at radius 3 is 2.64 bits per heavy atom. The van der Waals surface area contributed by atoms with Crippen molar-refractivity contribution in [3.8, 4) is 0 Å². The molecule has 1 fully saturated rings. The van der Waals surface area contributed by atoms with Gasteiger partial charge in [0, 0.05) is 37.9 Å². The van der Waals surface area contributed by atoms with E-state index in [1.165, 1.54) is 0 Å². The van der Waals surface area contributed by atoms with Crippen LogP contribution in [0.1, 0.15) is 31.9 Å². The molecule has 1 aliphatic heterocycles. The summed E-state index contributed by atoms with van der Waals surface area (Å²) in [5.74, 6) is 0.941. The number of nitrogens with one attached hydrogen (secondary N) is 1. The van der Waals surface area contributed by atoms with Crippen LogP contribution in [0.4, 0.5) is 5.95 Å². The van der Waals surface area contributed by atoms with E-state index >= 15 is 0 Å². The number of benzene rings is 1. The van der Waals surface area contributed by atoms with E-state index in [4.69, 9.17) is 10.7 Å². The molecule has 1 aliphatic rings. The number of imidazole rings is 1. The molecule has 0 aliphatic carbocycles. The lowest BCUT2D eigenvalue weighted by Gasteiger charge is -2.37. The second-order valence-corrected chi connectivity index (χ2v) is 7.58. The van der Waals surface area contributed by atoms with Crippen LogP contribution < -0.4 is 11.1 Å².